The molecule has 0 spiro atoms. The second-order valence-electron chi connectivity index (χ2n) is 7.98. The van der Waals surface area contributed by atoms with Gasteiger partial charge in [0.1, 0.15) is 12.4 Å². The van der Waals surface area contributed by atoms with Gasteiger partial charge in [-0.15, -0.1) is 0 Å². The summed E-state index contributed by atoms with van der Waals surface area (Å²) >= 11 is 6.15. The topological polar surface area (TPSA) is 88.1 Å². The summed E-state index contributed by atoms with van der Waals surface area (Å²) < 4.78 is 32.5. The maximum atomic E-state index is 12.8. The molecule has 0 bridgehead atoms. The molecule has 4 aromatic carbocycles. The first-order valence-corrected chi connectivity index (χ1v) is 13.1. The van der Waals surface area contributed by atoms with Crippen LogP contribution in [-0.4, -0.2) is 27.6 Å². The maximum absolute atomic E-state index is 12.8. The molecule has 0 aliphatic rings. The summed E-state index contributed by atoms with van der Waals surface area (Å²) in [6.07, 6.45) is 1.52. The normalized spacial score (nSPS) is 11.3. The quantitative estimate of drug-likeness (QED) is 0.227. The highest BCUT2D eigenvalue weighted by atomic mass is 35.5. The van der Waals surface area contributed by atoms with Gasteiger partial charge in [-0.3, -0.25) is 9.10 Å². The number of hydrazone groups is 1. The van der Waals surface area contributed by atoms with Crippen molar-refractivity contribution >= 4 is 39.4 Å². The van der Waals surface area contributed by atoms with E-state index in [1.807, 2.05) is 36.4 Å². The van der Waals surface area contributed by atoms with E-state index in [0.717, 1.165) is 11.1 Å². The molecule has 0 aliphatic heterocycles. The molecule has 9 heteroatoms. The molecule has 0 unspecified atom stereocenters. The number of sulfonamides is 1. The van der Waals surface area contributed by atoms with Crippen LogP contribution in [0.5, 0.6) is 5.75 Å². The number of nitrogens with one attached hydrogen (secondary N) is 1. The summed E-state index contributed by atoms with van der Waals surface area (Å²) in [5.74, 6) is 0.261. The van der Waals surface area contributed by atoms with Gasteiger partial charge in [0, 0.05) is 23.2 Å². The number of amides is 1. The van der Waals surface area contributed by atoms with Gasteiger partial charge in [-0.05, 0) is 72.3 Å². The number of anilines is 1. The predicted octanol–water partition coefficient (Wildman–Crippen LogP) is 5.51. The van der Waals surface area contributed by atoms with Gasteiger partial charge in [0.2, 0.25) is 0 Å². The molecule has 1 amide bonds. The van der Waals surface area contributed by atoms with Crippen molar-refractivity contribution in [3.05, 3.63) is 125 Å². The van der Waals surface area contributed by atoms with E-state index >= 15 is 0 Å². The number of carbonyl (C=O) groups is 1. The Hall–Kier alpha value is -4.14. The minimum atomic E-state index is -3.70. The standard InChI is InChI=1S/C28H24ClN3O4S/c1-32(37(34,35)26-8-3-2-4-9-26)24-15-13-22(14-16-24)28(33)31-30-19-21-11-17-25(18-12-21)36-20-23-7-5-6-10-27(23)29/h2-19H,20H2,1H3,(H,31,33)/b30-19-. The molecule has 0 saturated heterocycles. The van der Waals surface area contributed by atoms with E-state index in [0.29, 0.717) is 28.6 Å². The van der Waals surface area contributed by atoms with Gasteiger partial charge in [0.05, 0.1) is 16.8 Å². The summed E-state index contributed by atoms with van der Waals surface area (Å²) in [7, 11) is -2.23. The number of halogens is 1. The molecule has 0 atom stereocenters. The Labute approximate surface area is 221 Å². The fraction of sp³-hybridized carbons (Fsp3) is 0.0714. The first-order valence-electron chi connectivity index (χ1n) is 11.3. The number of carbonyl (C=O) groups excluding carboxylic acids is 1. The number of nitrogens with zero attached hydrogens (tertiary/aromatic N) is 2. The molecule has 1 N–H and O–H groups in total. The Bertz CT molecular complexity index is 1490. The molecule has 0 fully saturated rings. The van der Waals surface area contributed by atoms with Crippen LogP contribution < -0.4 is 14.5 Å². The lowest BCUT2D eigenvalue weighted by Gasteiger charge is -2.19. The van der Waals surface area contributed by atoms with Crippen molar-refractivity contribution in [3.8, 4) is 5.75 Å². The SMILES string of the molecule is CN(c1ccc(C(=O)N/N=C\c2ccc(OCc3ccccc3Cl)cc2)cc1)S(=O)(=O)c1ccccc1. The fourth-order valence-corrected chi connectivity index (χ4v) is 4.78. The summed E-state index contributed by atoms with van der Waals surface area (Å²) in [5.41, 5.74) is 4.92. The molecule has 0 radical (unpaired) electrons. The zero-order valence-corrected chi connectivity index (χ0v) is 21.5. The third-order valence-corrected chi connectivity index (χ3v) is 7.68. The average Bonchev–Trinajstić information content (AvgIpc) is 2.93. The second kappa shape index (κ2) is 11.7. The molecular formula is C28H24ClN3O4S. The largest absolute Gasteiger partial charge is 0.489 e. The van der Waals surface area contributed by atoms with Crippen molar-refractivity contribution in [1.29, 1.82) is 0 Å². The third kappa shape index (κ3) is 6.55. The van der Waals surface area contributed by atoms with Crippen LogP contribution >= 0.6 is 11.6 Å². The third-order valence-electron chi connectivity index (χ3n) is 5.51. The minimum Gasteiger partial charge on any atom is -0.489 e. The Morgan fingerprint density at radius 3 is 2.24 bits per heavy atom. The summed E-state index contributed by atoms with van der Waals surface area (Å²) in [6, 6.07) is 29.1. The maximum Gasteiger partial charge on any atom is 0.271 e. The van der Waals surface area contributed by atoms with E-state index in [-0.39, 0.29) is 4.90 Å². The molecule has 0 heterocycles. The van der Waals surface area contributed by atoms with Gasteiger partial charge < -0.3 is 4.74 Å². The highest BCUT2D eigenvalue weighted by Crippen LogP contribution is 2.22. The van der Waals surface area contributed by atoms with E-state index < -0.39 is 15.9 Å². The van der Waals surface area contributed by atoms with E-state index in [1.165, 1.54) is 29.7 Å². The van der Waals surface area contributed by atoms with Crippen LogP contribution in [0, 0.1) is 0 Å². The lowest BCUT2D eigenvalue weighted by Crippen LogP contribution is -2.26. The first kappa shape index (κ1) is 25.9. The van der Waals surface area contributed by atoms with Crippen molar-refractivity contribution in [3.63, 3.8) is 0 Å². The lowest BCUT2D eigenvalue weighted by atomic mass is 10.2. The number of ether oxygens (including phenoxy) is 1. The van der Waals surface area contributed by atoms with Gasteiger partial charge in [-0.25, -0.2) is 13.8 Å². The molecular weight excluding hydrogens is 510 g/mol. The van der Waals surface area contributed by atoms with Crippen molar-refractivity contribution in [2.75, 3.05) is 11.4 Å². The predicted molar refractivity (Wildman–Crippen MR) is 146 cm³/mol. The Kier molecular flexibility index (Phi) is 8.22. The highest BCUT2D eigenvalue weighted by molar-refractivity contribution is 7.92. The zero-order chi connectivity index (χ0) is 26.3. The number of hydrogen-bond donors (Lipinski definition) is 1. The van der Waals surface area contributed by atoms with Crippen molar-refractivity contribution in [1.82, 2.24) is 5.43 Å². The molecule has 0 aliphatic carbocycles. The van der Waals surface area contributed by atoms with Gasteiger partial charge in [-0.1, -0.05) is 48.0 Å². The van der Waals surface area contributed by atoms with Crippen LogP contribution in [0.2, 0.25) is 5.02 Å². The van der Waals surface area contributed by atoms with Crippen LogP contribution in [0.25, 0.3) is 0 Å². The van der Waals surface area contributed by atoms with Crippen LogP contribution in [0.3, 0.4) is 0 Å². The second-order valence-corrected chi connectivity index (χ2v) is 10.4. The van der Waals surface area contributed by atoms with E-state index in [2.05, 4.69) is 10.5 Å². The molecule has 37 heavy (non-hydrogen) atoms. The van der Waals surface area contributed by atoms with E-state index in [9.17, 15) is 13.2 Å². The van der Waals surface area contributed by atoms with E-state index in [4.69, 9.17) is 16.3 Å². The van der Waals surface area contributed by atoms with Crippen molar-refractivity contribution in [2.45, 2.75) is 11.5 Å². The molecule has 0 saturated carbocycles. The van der Waals surface area contributed by atoms with Crippen LogP contribution in [0.1, 0.15) is 21.5 Å². The Morgan fingerprint density at radius 2 is 1.57 bits per heavy atom. The Morgan fingerprint density at radius 1 is 0.919 bits per heavy atom. The van der Waals surface area contributed by atoms with Gasteiger partial charge >= 0.3 is 0 Å². The number of hydrogen-bond acceptors (Lipinski definition) is 5. The van der Waals surface area contributed by atoms with Crippen molar-refractivity contribution < 1.29 is 17.9 Å². The lowest BCUT2D eigenvalue weighted by molar-refractivity contribution is 0.0955. The van der Waals surface area contributed by atoms with Crippen LogP contribution in [0.15, 0.2) is 113 Å². The van der Waals surface area contributed by atoms with E-state index in [1.54, 1.807) is 54.6 Å². The number of rotatable bonds is 9. The minimum absolute atomic E-state index is 0.189. The van der Waals surface area contributed by atoms with Crippen LogP contribution in [-0.2, 0) is 16.6 Å². The molecule has 0 aromatic heterocycles. The molecule has 4 aromatic rings. The van der Waals surface area contributed by atoms with Gasteiger partial charge in [0.15, 0.2) is 0 Å². The monoisotopic (exact) mass is 533 g/mol. The van der Waals surface area contributed by atoms with Crippen LogP contribution in [0.4, 0.5) is 5.69 Å². The summed E-state index contributed by atoms with van der Waals surface area (Å²) in [4.78, 5) is 12.6. The van der Waals surface area contributed by atoms with Crippen molar-refractivity contribution in [2.24, 2.45) is 5.10 Å². The zero-order valence-electron chi connectivity index (χ0n) is 19.9. The molecule has 7 nitrogen and oxygen atoms in total. The smallest absolute Gasteiger partial charge is 0.271 e. The average molecular weight is 534 g/mol. The van der Waals surface area contributed by atoms with Gasteiger partial charge in [-0.2, -0.15) is 5.10 Å². The van der Waals surface area contributed by atoms with Gasteiger partial charge in [0.25, 0.3) is 15.9 Å². The highest BCUT2D eigenvalue weighted by Gasteiger charge is 2.21. The molecule has 4 rings (SSSR count). The number of benzene rings is 4. The fourth-order valence-electron chi connectivity index (χ4n) is 3.37. The summed E-state index contributed by atoms with van der Waals surface area (Å²) in [6.45, 7) is 0.357. The first-order chi connectivity index (χ1) is 17.8. The molecule has 188 valence electrons. The Balaban J connectivity index is 1.31. The summed E-state index contributed by atoms with van der Waals surface area (Å²) in [5, 5.41) is 4.65.